The van der Waals surface area contributed by atoms with Crippen LogP contribution in [0.15, 0.2) is 133 Å². The van der Waals surface area contributed by atoms with E-state index < -0.39 is 0 Å². The molecule has 0 radical (unpaired) electrons. The molecule has 1 aromatic heterocycles. The zero-order valence-electron chi connectivity index (χ0n) is 24.6. The fourth-order valence-electron chi connectivity index (χ4n) is 7.44. The average Bonchev–Trinajstić information content (AvgIpc) is 3.48. The molecule has 0 amide bonds. The number of hydrogen-bond donors (Lipinski definition) is 0. The van der Waals surface area contributed by atoms with Crippen molar-refractivity contribution in [2.45, 2.75) is 0 Å². The molecule has 8 aromatic carbocycles. The Labute approximate surface area is 273 Å². The van der Waals surface area contributed by atoms with Crippen molar-refractivity contribution in [3.8, 4) is 22.3 Å². The van der Waals surface area contributed by atoms with E-state index in [-0.39, 0.29) is 35.7 Å². The summed E-state index contributed by atoms with van der Waals surface area (Å²) in [5.41, 5.74) is 4.35. The van der Waals surface area contributed by atoms with Crippen LogP contribution in [0, 0.1) is 20.2 Å². The Morgan fingerprint density at radius 3 is 1.21 bits per heavy atom. The first-order valence-corrected chi connectivity index (χ1v) is 16.8. The van der Waals surface area contributed by atoms with Gasteiger partial charge in [0.05, 0.1) is 0 Å². The molecule has 0 fully saturated rings. The third-order valence-corrected chi connectivity index (χ3v) is 11.8. The van der Waals surface area contributed by atoms with E-state index >= 15 is 0 Å². The van der Waals surface area contributed by atoms with Crippen molar-refractivity contribution in [1.29, 1.82) is 0 Å². The molecule has 0 atom stereocenters. The summed E-state index contributed by atoms with van der Waals surface area (Å²) in [5.74, 6) is 0. The van der Waals surface area contributed by atoms with E-state index in [0.717, 1.165) is 54.6 Å². The summed E-state index contributed by atoms with van der Waals surface area (Å²) in [5, 5.41) is 33.0. The number of nitro benzene ring substituents is 2. The van der Waals surface area contributed by atoms with E-state index in [9.17, 15) is 20.2 Å². The van der Waals surface area contributed by atoms with Crippen LogP contribution in [0.5, 0.6) is 0 Å². The molecule has 0 saturated heterocycles. The molecule has 0 N–H and O–H groups in total. The van der Waals surface area contributed by atoms with E-state index in [1.54, 1.807) is 0 Å². The Balaban J connectivity index is 1.43. The van der Waals surface area contributed by atoms with Gasteiger partial charge in [-0.3, -0.25) is 0 Å². The van der Waals surface area contributed by atoms with Gasteiger partial charge in [-0.15, -0.1) is 0 Å². The molecule has 222 valence electrons. The molecule has 1 heterocycles. The number of fused-ring (bicyclic) bond motifs is 7. The maximum atomic E-state index is 12.4. The van der Waals surface area contributed by atoms with Crippen LogP contribution >= 0.6 is 0 Å². The van der Waals surface area contributed by atoms with Crippen LogP contribution < -0.4 is 0 Å². The molecular weight excluding hydrogens is 651 g/mol. The van der Waals surface area contributed by atoms with Crippen LogP contribution in [0.1, 0.15) is 0 Å². The molecule has 47 heavy (non-hydrogen) atoms. The monoisotopic (exact) mass is 674 g/mol. The molecule has 0 saturated carbocycles. The van der Waals surface area contributed by atoms with E-state index in [4.69, 9.17) is 0 Å². The van der Waals surface area contributed by atoms with E-state index in [0.29, 0.717) is 21.5 Å². The molecule has 0 aliphatic carbocycles. The minimum absolute atomic E-state index is 0.0619. The summed E-state index contributed by atoms with van der Waals surface area (Å²) in [6, 6.07) is 43.3. The number of nitro groups is 2. The van der Waals surface area contributed by atoms with Gasteiger partial charge in [0.1, 0.15) is 0 Å². The van der Waals surface area contributed by atoms with Crippen molar-refractivity contribution < 1.29 is 9.85 Å². The van der Waals surface area contributed by atoms with Crippen molar-refractivity contribution in [1.82, 2.24) is 0 Å². The number of non-ortho nitro benzene ring substituents is 2. The Hall–Kier alpha value is -5.88. The number of hydrogen-bond acceptors (Lipinski definition) is 4. The Kier molecular flexibility index (Phi) is 6.03. The van der Waals surface area contributed by atoms with Crippen LogP contribution in [0.2, 0.25) is 0 Å². The van der Waals surface area contributed by atoms with Gasteiger partial charge in [0.2, 0.25) is 0 Å². The number of benzene rings is 8. The summed E-state index contributed by atoms with van der Waals surface area (Å²) in [4.78, 5) is 24.3. The van der Waals surface area contributed by atoms with Gasteiger partial charge in [-0.1, -0.05) is 0 Å². The Morgan fingerprint density at radius 2 is 0.766 bits per heavy atom. The van der Waals surface area contributed by atoms with E-state index in [1.807, 2.05) is 97.1 Å². The second kappa shape index (κ2) is 10.3. The fraction of sp³-hybridized carbons (Fsp3) is 0. The zero-order chi connectivity index (χ0) is 31.8. The SMILES string of the molecule is O=[N+]([O-])c1c2ccccc2c(-c2cccc3c2[se]c2cccc(-c4c5ccccc5c([N+](=O)[O-])c5ccccc45)c23)c2ccccc12. The summed E-state index contributed by atoms with van der Waals surface area (Å²) in [6.45, 7) is 0. The summed E-state index contributed by atoms with van der Waals surface area (Å²) < 4.78 is 2.46. The van der Waals surface area contributed by atoms with Gasteiger partial charge >= 0.3 is 274 Å². The second-order valence-electron chi connectivity index (χ2n) is 11.6. The first-order chi connectivity index (χ1) is 23.0. The molecule has 7 heteroatoms. The molecule has 0 unspecified atom stereocenters. The minimum atomic E-state index is -0.270. The summed E-state index contributed by atoms with van der Waals surface area (Å²) >= 11 is -0.0619. The molecule has 0 aliphatic heterocycles. The Morgan fingerprint density at radius 1 is 0.404 bits per heavy atom. The third kappa shape index (κ3) is 3.91. The van der Waals surface area contributed by atoms with Gasteiger partial charge in [-0.2, -0.15) is 0 Å². The topological polar surface area (TPSA) is 86.3 Å². The molecule has 9 rings (SSSR count). The van der Waals surface area contributed by atoms with Gasteiger partial charge in [-0.25, -0.2) is 0 Å². The molecule has 0 bridgehead atoms. The molecule has 9 aromatic rings. The summed E-state index contributed by atoms with van der Waals surface area (Å²) in [7, 11) is 0. The third-order valence-electron chi connectivity index (χ3n) is 9.23. The van der Waals surface area contributed by atoms with Crippen molar-refractivity contribution in [3.63, 3.8) is 0 Å². The molecule has 0 aliphatic rings. The predicted molar refractivity (Wildman–Crippen MR) is 193 cm³/mol. The molecule has 6 nitrogen and oxygen atoms in total. The van der Waals surface area contributed by atoms with Crippen LogP contribution in [0.4, 0.5) is 11.4 Å². The van der Waals surface area contributed by atoms with Gasteiger partial charge in [0.25, 0.3) is 0 Å². The first kappa shape index (κ1) is 27.4. The predicted octanol–water partition coefficient (Wildman–Crippen LogP) is 10.8. The van der Waals surface area contributed by atoms with Crippen LogP contribution in [-0.2, 0) is 0 Å². The fourth-order valence-corrected chi connectivity index (χ4v) is 10.1. The van der Waals surface area contributed by atoms with Gasteiger partial charge in [-0.05, 0) is 0 Å². The number of nitrogens with zero attached hydrogens (tertiary/aromatic N) is 2. The standard InChI is InChI=1S/C40H22N2O4Se/c43-41(44)38-27-15-5-1-11-23(27)35(24-12-2-6-16-28(24)38)31-19-10-22-34-37(31)33-21-9-20-32(40(33)47-34)36-25-13-3-7-17-29(25)39(42(45)46)30-18-8-4-14-26(30)36/h1-22H. The summed E-state index contributed by atoms with van der Waals surface area (Å²) in [6.07, 6.45) is 0. The first-order valence-electron chi connectivity index (χ1n) is 15.1. The number of rotatable bonds is 4. The van der Waals surface area contributed by atoms with Crippen molar-refractivity contribution in [3.05, 3.63) is 154 Å². The normalized spacial score (nSPS) is 11.7. The van der Waals surface area contributed by atoms with Crippen molar-refractivity contribution in [2.24, 2.45) is 0 Å². The zero-order valence-corrected chi connectivity index (χ0v) is 26.4. The maximum absolute atomic E-state index is 12.4. The second-order valence-corrected chi connectivity index (χ2v) is 13.8. The van der Waals surface area contributed by atoms with E-state index in [1.165, 1.54) is 8.52 Å². The van der Waals surface area contributed by atoms with Crippen LogP contribution in [-0.4, -0.2) is 24.4 Å². The van der Waals surface area contributed by atoms with Gasteiger partial charge < -0.3 is 0 Å². The van der Waals surface area contributed by atoms with Crippen molar-refractivity contribution >= 4 is 88.3 Å². The van der Waals surface area contributed by atoms with Gasteiger partial charge in [0.15, 0.2) is 0 Å². The van der Waals surface area contributed by atoms with Crippen LogP contribution in [0.25, 0.3) is 84.6 Å². The Bertz CT molecular complexity index is 2710. The quantitative estimate of drug-likeness (QED) is 0.0805. The average molecular weight is 674 g/mol. The molecular formula is C40H22N2O4Se. The van der Waals surface area contributed by atoms with Crippen molar-refractivity contribution in [2.75, 3.05) is 0 Å². The van der Waals surface area contributed by atoms with Gasteiger partial charge in [0, 0.05) is 0 Å². The van der Waals surface area contributed by atoms with Crippen LogP contribution in [0.3, 0.4) is 0 Å². The van der Waals surface area contributed by atoms with E-state index in [2.05, 4.69) is 36.4 Å². The molecule has 0 spiro atoms.